The summed E-state index contributed by atoms with van der Waals surface area (Å²) in [6.07, 6.45) is 0. The molecule has 18 aromatic carbocycles. The second-order valence-corrected chi connectivity index (χ2v) is 27.8. The second kappa shape index (κ2) is 23.2. The Kier molecular flexibility index (Phi) is 14.1. The normalized spacial score (nSPS) is 13.7. The fourth-order valence-corrected chi connectivity index (χ4v) is 16.0. The van der Waals surface area contributed by atoms with Gasteiger partial charge in [-0.15, -0.1) is 0 Å². The highest BCUT2D eigenvalue weighted by atomic mass is 79.9. The lowest BCUT2D eigenvalue weighted by atomic mass is 9.77. The van der Waals surface area contributed by atoms with Crippen LogP contribution in [0, 0.1) is 0 Å². The molecule has 1 aliphatic rings. The highest BCUT2D eigenvalue weighted by molar-refractivity contribution is 9.10. The molecule has 0 spiro atoms. The number of rotatable bonds is 2. The van der Waals surface area contributed by atoms with E-state index in [1.54, 1.807) is 0 Å². The third-order valence-corrected chi connectivity index (χ3v) is 21.4. The highest BCUT2D eigenvalue weighted by Gasteiger charge is 2.51. The van der Waals surface area contributed by atoms with Crippen LogP contribution in [0.3, 0.4) is 0 Å². The van der Waals surface area contributed by atoms with Crippen LogP contribution in [0.25, 0.3) is 184 Å². The summed E-state index contributed by atoms with van der Waals surface area (Å²) < 4.78 is 26.1. The van der Waals surface area contributed by atoms with Crippen molar-refractivity contribution in [1.82, 2.24) is 0 Å². The largest absolute Gasteiger partial charge is 0.494 e. The molecule has 21 rings (SSSR count). The summed E-state index contributed by atoms with van der Waals surface area (Å²) in [5.41, 5.74) is 6.46. The first kappa shape index (κ1) is 59.6. The van der Waals surface area contributed by atoms with Crippen LogP contribution in [0.5, 0.6) is 0 Å². The number of furan rings is 2. The van der Waals surface area contributed by atoms with E-state index in [1.165, 1.54) is 146 Å². The zero-order valence-corrected chi connectivity index (χ0v) is 56.3. The molecule has 1 saturated heterocycles. The molecule has 20 aromatic rings. The fraction of sp³-hybridized carbons (Fsp3) is 0.0769. The number of halogens is 1. The zero-order valence-electron chi connectivity index (χ0n) is 54.7. The van der Waals surface area contributed by atoms with Crippen molar-refractivity contribution in [1.29, 1.82) is 0 Å². The molecule has 0 bridgehead atoms. The van der Waals surface area contributed by atoms with E-state index in [-0.39, 0.29) is 18.3 Å². The van der Waals surface area contributed by atoms with Gasteiger partial charge in [-0.1, -0.05) is 246 Å². The van der Waals surface area contributed by atoms with Gasteiger partial charge in [0.2, 0.25) is 0 Å². The van der Waals surface area contributed by atoms with Crippen molar-refractivity contribution in [3.63, 3.8) is 0 Å². The molecule has 0 saturated carbocycles. The van der Waals surface area contributed by atoms with E-state index in [0.717, 1.165) is 55.5 Å². The van der Waals surface area contributed by atoms with Crippen molar-refractivity contribution in [3.8, 4) is 11.1 Å². The van der Waals surface area contributed by atoms with Crippen molar-refractivity contribution in [3.05, 3.63) is 296 Å². The molecule has 0 atom stereocenters. The summed E-state index contributed by atoms with van der Waals surface area (Å²) in [5, 5.41) is 42.4. The maximum atomic E-state index is 7.00. The van der Waals surface area contributed by atoms with E-state index in [4.69, 9.17) is 23.2 Å². The van der Waals surface area contributed by atoms with Crippen LogP contribution in [-0.4, -0.2) is 30.5 Å². The van der Waals surface area contributed by atoms with Crippen molar-refractivity contribution < 1.29 is 23.2 Å². The van der Waals surface area contributed by atoms with Gasteiger partial charge in [0.15, 0.2) is 0 Å². The first-order valence-corrected chi connectivity index (χ1v) is 34.3. The Morgan fingerprint density at radius 1 is 0.255 bits per heavy atom. The quantitative estimate of drug-likeness (QED) is 0.138. The van der Waals surface area contributed by atoms with Crippen LogP contribution in [0.4, 0.5) is 0 Å². The molecule has 2 aromatic heterocycles. The number of aliphatic hydroxyl groups is 1. The lowest BCUT2D eigenvalue weighted by molar-refractivity contribution is 0.00578. The smallest absolute Gasteiger partial charge is 0.456 e. The molecule has 0 aliphatic carbocycles. The van der Waals surface area contributed by atoms with Gasteiger partial charge >= 0.3 is 7.12 Å². The van der Waals surface area contributed by atoms with Crippen LogP contribution >= 0.6 is 15.9 Å². The SMILES string of the molecule is Brc1ccc2oc3cc4ccccc4cc3c2c1.CC1(C)OB(c2ccc3c(c2)c2ccccc2c2c4ccccc4c4ccccc4c32)OC1(C)C.CO.c1ccc2cc3c(cc2c1)oc1ccc(-c2ccc4c(c2)c2ccccc2c2c5ccccc5c5ccccc5c42)cc13. The molecule has 0 radical (unpaired) electrons. The Bertz CT molecular complexity index is 6680. The lowest BCUT2D eigenvalue weighted by Gasteiger charge is -2.32. The molecular formula is C91H64BBrO5. The number of hydrogen-bond donors (Lipinski definition) is 1. The van der Waals surface area contributed by atoms with E-state index in [9.17, 15) is 0 Å². The predicted molar refractivity (Wildman–Crippen MR) is 421 cm³/mol. The average molecular weight is 1330 g/mol. The van der Waals surface area contributed by atoms with Crippen LogP contribution in [0.2, 0.25) is 0 Å². The first-order valence-electron chi connectivity index (χ1n) is 33.5. The standard InChI is InChI=1S/C42H24O.C32H27BO2.C16H9BrO.CH4O/c1-2-10-26-24-40-38(22-25(26)9-1)37-23-28(18-20-39(37)43-40)27-17-19-35-36(21-27)31-13-5-8-16-34(31)41-32-14-6-3-11-29(32)30-12-4-7-15-33(30)42(35)41;1-31(2)32(3,4)35-33(34-31)20-17-18-27-28(19-20)23-13-7-10-16-26(23)29-24-14-8-5-11-21(24)22-12-6-9-15-25(22)30(27)29;17-12-5-6-15-14(9-12)13-7-10-3-1-2-4-11(10)8-16(13)18-15;1-2/h1-24H;5-19H,1-4H3;1-9H;2H,1H3. The van der Waals surface area contributed by atoms with Crippen LogP contribution < -0.4 is 5.46 Å². The number of benzene rings is 18. The Morgan fingerprint density at radius 3 is 0.949 bits per heavy atom. The third-order valence-electron chi connectivity index (χ3n) is 20.9. The van der Waals surface area contributed by atoms with E-state index >= 15 is 0 Å². The van der Waals surface area contributed by atoms with Crippen molar-refractivity contribution >= 4 is 202 Å². The summed E-state index contributed by atoms with van der Waals surface area (Å²) in [7, 11) is 0.618. The molecule has 1 aliphatic heterocycles. The Balaban J connectivity index is 0.000000113. The van der Waals surface area contributed by atoms with Gasteiger partial charge in [0.1, 0.15) is 22.3 Å². The predicted octanol–water partition coefficient (Wildman–Crippen LogP) is 25.0. The average Bonchev–Trinajstić information content (AvgIpc) is 1.05. The summed E-state index contributed by atoms with van der Waals surface area (Å²) in [6.45, 7) is 8.42. The zero-order chi connectivity index (χ0) is 66.1. The Labute approximate surface area is 573 Å². The molecular weight excluding hydrogens is 1260 g/mol. The molecule has 7 heteroatoms. The monoisotopic (exact) mass is 1330 g/mol. The Morgan fingerprint density at radius 2 is 0.541 bits per heavy atom. The molecule has 98 heavy (non-hydrogen) atoms. The number of fused-ring (bicyclic) bond motifs is 30. The maximum Gasteiger partial charge on any atom is 0.494 e. The van der Waals surface area contributed by atoms with E-state index in [1.807, 2.05) is 18.2 Å². The molecule has 1 N–H and O–H groups in total. The van der Waals surface area contributed by atoms with Gasteiger partial charge in [-0.2, -0.15) is 0 Å². The van der Waals surface area contributed by atoms with Crippen LogP contribution in [0.15, 0.2) is 304 Å². The first-order chi connectivity index (χ1) is 48.0. The fourth-order valence-electron chi connectivity index (χ4n) is 15.6. The van der Waals surface area contributed by atoms with Crippen molar-refractivity contribution in [2.45, 2.75) is 38.9 Å². The summed E-state index contributed by atoms with van der Waals surface area (Å²) >= 11 is 3.51. The molecule has 1 fully saturated rings. The molecule has 0 amide bonds. The van der Waals surface area contributed by atoms with Gasteiger partial charge in [-0.3, -0.25) is 0 Å². The minimum Gasteiger partial charge on any atom is -0.456 e. The third kappa shape index (κ3) is 9.47. The second-order valence-electron chi connectivity index (χ2n) is 26.9. The number of aliphatic hydroxyl groups excluding tert-OH is 1. The van der Waals surface area contributed by atoms with E-state index < -0.39 is 0 Å². The molecule has 5 nitrogen and oxygen atoms in total. The lowest BCUT2D eigenvalue weighted by Crippen LogP contribution is -2.41. The van der Waals surface area contributed by atoms with E-state index in [2.05, 4.69) is 317 Å². The van der Waals surface area contributed by atoms with Gasteiger partial charge in [-0.25, -0.2) is 0 Å². The summed E-state index contributed by atoms with van der Waals surface area (Å²) in [6, 6.07) is 105. The Hall–Kier alpha value is -10.9. The van der Waals surface area contributed by atoms with Gasteiger partial charge in [0, 0.05) is 33.1 Å². The van der Waals surface area contributed by atoms with Gasteiger partial charge < -0.3 is 23.2 Å². The van der Waals surface area contributed by atoms with Gasteiger partial charge in [0.25, 0.3) is 0 Å². The minimum absolute atomic E-state index is 0.368. The van der Waals surface area contributed by atoms with Gasteiger partial charge in [-0.05, 0) is 234 Å². The summed E-state index contributed by atoms with van der Waals surface area (Å²) in [5.74, 6) is 0. The molecule has 0 unspecified atom stereocenters. The number of hydrogen-bond acceptors (Lipinski definition) is 5. The van der Waals surface area contributed by atoms with Crippen LogP contribution in [-0.2, 0) is 9.31 Å². The van der Waals surface area contributed by atoms with Crippen LogP contribution in [0.1, 0.15) is 27.7 Å². The maximum absolute atomic E-state index is 7.00. The summed E-state index contributed by atoms with van der Waals surface area (Å²) in [4.78, 5) is 0. The topological polar surface area (TPSA) is 65.0 Å². The molecule has 3 heterocycles. The van der Waals surface area contributed by atoms with Gasteiger partial charge in [0.05, 0.1) is 11.2 Å². The highest BCUT2D eigenvalue weighted by Crippen LogP contribution is 2.48. The minimum atomic E-state index is -0.382. The van der Waals surface area contributed by atoms with Crippen molar-refractivity contribution in [2.24, 2.45) is 0 Å². The van der Waals surface area contributed by atoms with Crippen molar-refractivity contribution in [2.75, 3.05) is 7.11 Å². The molecule has 468 valence electrons. The van der Waals surface area contributed by atoms with E-state index in [0.29, 0.717) is 0 Å².